The van der Waals surface area contributed by atoms with Gasteiger partial charge in [-0.1, -0.05) is 6.07 Å². The van der Waals surface area contributed by atoms with Gasteiger partial charge in [-0.05, 0) is 68.4 Å². The summed E-state index contributed by atoms with van der Waals surface area (Å²) in [5.41, 5.74) is 0.720. The number of benzene rings is 3. The zero-order valence-corrected chi connectivity index (χ0v) is 20.2. The number of carbonyl (C=O) groups is 2. The van der Waals surface area contributed by atoms with Crippen molar-refractivity contribution in [2.75, 3.05) is 0 Å². The van der Waals surface area contributed by atoms with Crippen LogP contribution >= 0.6 is 0 Å². The Bertz CT molecular complexity index is 1490. The van der Waals surface area contributed by atoms with Gasteiger partial charge in [-0.2, -0.15) is 0 Å². The summed E-state index contributed by atoms with van der Waals surface area (Å²) >= 11 is 0. The molecule has 38 heavy (non-hydrogen) atoms. The standard InChI is InChI=1S/C27H22F3NO7/c1-15(2)36-17-8-6-16(7-9-17)31-22-11-10-19(13-21(22)25(26(34)35)23(31)14-24(32)33)37-18-4-3-5-20(12-18)38-27(28,29)30/h3-13,15H,14H2,1-2H3,(H,32,33)(H,34,35). The second kappa shape index (κ2) is 10.4. The highest BCUT2D eigenvalue weighted by Crippen LogP contribution is 2.35. The van der Waals surface area contributed by atoms with E-state index in [2.05, 4.69) is 4.74 Å². The molecule has 0 aliphatic carbocycles. The average Bonchev–Trinajstić information content (AvgIpc) is 3.11. The lowest BCUT2D eigenvalue weighted by molar-refractivity contribution is -0.274. The SMILES string of the molecule is CC(C)Oc1ccc(-n2c(CC(=O)O)c(C(=O)O)c3cc(Oc4cccc(OC(F)(F)F)c4)ccc32)cc1. The van der Waals surface area contributed by atoms with E-state index >= 15 is 0 Å². The highest BCUT2D eigenvalue weighted by molar-refractivity contribution is 6.07. The third-order valence-electron chi connectivity index (χ3n) is 5.31. The Kier molecular flexibility index (Phi) is 7.20. The van der Waals surface area contributed by atoms with Crippen LogP contribution in [0.5, 0.6) is 23.0 Å². The van der Waals surface area contributed by atoms with Crippen molar-refractivity contribution < 1.29 is 47.2 Å². The summed E-state index contributed by atoms with van der Waals surface area (Å²) in [5.74, 6) is -2.32. The predicted octanol–water partition coefficient (Wildman–Crippen LogP) is 6.43. The van der Waals surface area contributed by atoms with Crippen LogP contribution in [0.25, 0.3) is 16.6 Å². The van der Waals surface area contributed by atoms with Crippen LogP contribution in [-0.4, -0.2) is 39.2 Å². The molecule has 3 aromatic carbocycles. The van der Waals surface area contributed by atoms with Crippen molar-refractivity contribution in [3.63, 3.8) is 0 Å². The van der Waals surface area contributed by atoms with Gasteiger partial charge in [0.15, 0.2) is 0 Å². The Hall–Kier alpha value is -4.67. The minimum Gasteiger partial charge on any atom is -0.491 e. The highest BCUT2D eigenvalue weighted by atomic mass is 19.4. The van der Waals surface area contributed by atoms with Crippen molar-refractivity contribution >= 4 is 22.8 Å². The van der Waals surface area contributed by atoms with Gasteiger partial charge in [0.05, 0.1) is 23.6 Å². The molecule has 0 saturated carbocycles. The van der Waals surface area contributed by atoms with E-state index in [1.165, 1.54) is 28.8 Å². The molecule has 11 heteroatoms. The van der Waals surface area contributed by atoms with E-state index in [1.807, 2.05) is 13.8 Å². The normalized spacial score (nSPS) is 11.5. The molecular weight excluding hydrogens is 507 g/mol. The predicted molar refractivity (Wildman–Crippen MR) is 131 cm³/mol. The van der Waals surface area contributed by atoms with E-state index in [0.717, 1.165) is 12.1 Å². The molecule has 0 saturated heterocycles. The first-order chi connectivity index (χ1) is 17.9. The van der Waals surface area contributed by atoms with Gasteiger partial charge < -0.3 is 29.0 Å². The number of aromatic nitrogens is 1. The van der Waals surface area contributed by atoms with Crippen LogP contribution in [-0.2, 0) is 11.2 Å². The van der Waals surface area contributed by atoms with Gasteiger partial charge in [0.1, 0.15) is 23.0 Å². The second-order valence-corrected chi connectivity index (χ2v) is 8.50. The molecule has 2 N–H and O–H groups in total. The third-order valence-corrected chi connectivity index (χ3v) is 5.31. The fraction of sp³-hybridized carbons (Fsp3) is 0.185. The van der Waals surface area contributed by atoms with E-state index in [-0.39, 0.29) is 34.2 Å². The Morgan fingerprint density at radius 2 is 1.53 bits per heavy atom. The number of halogens is 3. The van der Waals surface area contributed by atoms with Crippen LogP contribution in [0.15, 0.2) is 66.7 Å². The van der Waals surface area contributed by atoms with E-state index in [0.29, 0.717) is 17.0 Å². The quantitative estimate of drug-likeness (QED) is 0.257. The molecule has 0 aliphatic heterocycles. The molecule has 8 nitrogen and oxygen atoms in total. The zero-order valence-electron chi connectivity index (χ0n) is 20.2. The summed E-state index contributed by atoms with van der Waals surface area (Å²) in [6.07, 6.45) is -5.52. The largest absolute Gasteiger partial charge is 0.573 e. The maximum atomic E-state index is 12.6. The van der Waals surface area contributed by atoms with Gasteiger partial charge in [-0.15, -0.1) is 13.2 Å². The van der Waals surface area contributed by atoms with Gasteiger partial charge in [-0.3, -0.25) is 4.79 Å². The lowest BCUT2D eigenvalue weighted by Gasteiger charge is -2.13. The molecule has 0 radical (unpaired) electrons. The van der Waals surface area contributed by atoms with Crippen molar-refractivity contribution in [2.45, 2.75) is 32.7 Å². The summed E-state index contributed by atoms with van der Waals surface area (Å²) in [6, 6.07) is 16.1. The van der Waals surface area contributed by atoms with Crippen LogP contribution in [0.4, 0.5) is 13.2 Å². The summed E-state index contributed by atoms with van der Waals surface area (Å²) in [7, 11) is 0. The monoisotopic (exact) mass is 529 g/mol. The molecule has 0 atom stereocenters. The van der Waals surface area contributed by atoms with E-state index in [4.69, 9.17) is 9.47 Å². The molecule has 0 fully saturated rings. The van der Waals surface area contributed by atoms with Crippen molar-refractivity contribution in [1.82, 2.24) is 4.57 Å². The van der Waals surface area contributed by atoms with Crippen LogP contribution < -0.4 is 14.2 Å². The van der Waals surface area contributed by atoms with Gasteiger partial charge >= 0.3 is 18.3 Å². The number of ether oxygens (including phenoxy) is 3. The van der Waals surface area contributed by atoms with Crippen molar-refractivity contribution in [1.29, 1.82) is 0 Å². The molecule has 0 aliphatic rings. The van der Waals surface area contributed by atoms with Gasteiger partial charge in [0.2, 0.25) is 0 Å². The molecule has 198 valence electrons. The fourth-order valence-corrected chi connectivity index (χ4v) is 4.05. The topological polar surface area (TPSA) is 107 Å². The third kappa shape index (κ3) is 6.00. The zero-order chi connectivity index (χ0) is 27.6. The molecule has 0 amide bonds. The number of carboxylic acids is 2. The molecule has 4 aromatic rings. The first-order valence-electron chi connectivity index (χ1n) is 11.3. The molecule has 0 unspecified atom stereocenters. The van der Waals surface area contributed by atoms with Crippen molar-refractivity contribution in [2.24, 2.45) is 0 Å². The number of nitrogens with zero attached hydrogens (tertiary/aromatic N) is 1. The first kappa shape index (κ1) is 26.4. The lowest BCUT2D eigenvalue weighted by Crippen LogP contribution is -2.16. The summed E-state index contributed by atoms with van der Waals surface area (Å²) in [4.78, 5) is 24.0. The summed E-state index contributed by atoms with van der Waals surface area (Å²) in [5, 5.41) is 19.7. The number of aliphatic carboxylic acids is 1. The minimum atomic E-state index is -4.88. The number of hydrogen-bond donors (Lipinski definition) is 2. The van der Waals surface area contributed by atoms with E-state index in [1.54, 1.807) is 30.3 Å². The first-order valence-corrected chi connectivity index (χ1v) is 11.3. The number of fused-ring (bicyclic) bond motifs is 1. The van der Waals surface area contributed by atoms with Crippen LogP contribution in [0, 0.1) is 0 Å². The number of rotatable bonds is 9. The molecule has 0 bridgehead atoms. The Balaban J connectivity index is 1.81. The molecule has 4 rings (SSSR count). The number of hydrogen-bond acceptors (Lipinski definition) is 5. The number of alkyl halides is 3. The Morgan fingerprint density at radius 1 is 0.895 bits per heavy atom. The minimum absolute atomic E-state index is 0.0221. The number of aromatic carboxylic acids is 1. The molecule has 1 heterocycles. The Morgan fingerprint density at radius 3 is 2.13 bits per heavy atom. The number of carboxylic acid groups (broad SMARTS) is 2. The summed E-state index contributed by atoms with van der Waals surface area (Å²) in [6.45, 7) is 3.74. The van der Waals surface area contributed by atoms with Gasteiger partial charge in [0, 0.05) is 22.8 Å². The Labute approximate surface area is 214 Å². The highest BCUT2D eigenvalue weighted by Gasteiger charge is 2.31. The summed E-state index contributed by atoms with van der Waals surface area (Å²) < 4.78 is 54.5. The maximum absolute atomic E-state index is 12.6. The fourth-order valence-electron chi connectivity index (χ4n) is 4.05. The molecule has 1 aromatic heterocycles. The average molecular weight is 529 g/mol. The van der Waals surface area contributed by atoms with Gasteiger partial charge in [-0.25, -0.2) is 4.79 Å². The van der Waals surface area contributed by atoms with Crippen molar-refractivity contribution in [3.05, 3.63) is 78.0 Å². The lowest BCUT2D eigenvalue weighted by atomic mass is 10.1. The smallest absolute Gasteiger partial charge is 0.491 e. The van der Waals surface area contributed by atoms with Crippen LogP contribution in [0.3, 0.4) is 0 Å². The second-order valence-electron chi connectivity index (χ2n) is 8.50. The van der Waals surface area contributed by atoms with Crippen LogP contribution in [0.1, 0.15) is 29.9 Å². The van der Waals surface area contributed by atoms with E-state index < -0.39 is 30.5 Å². The molecular formula is C27H22F3NO7. The van der Waals surface area contributed by atoms with Crippen LogP contribution in [0.2, 0.25) is 0 Å². The maximum Gasteiger partial charge on any atom is 0.573 e. The van der Waals surface area contributed by atoms with Gasteiger partial charge in [0.25, 0.3) is 0 Å². The molecule has 0 spiro atoms. The van der Waals surface area contributed by atoms with Crippen molar-refractivity contribution in [3.8, 4) is 28.7 Å². The van der Waals surface area contributed by atoms with E-state index in [9.17, 15) is 33.0 Å².